The average molecular weight is 444 g/mol. The van der Waals surface area contributed by atoms with Gasteiger partial charge in [-0.3, -0.25) is 9.79 Å². The summed E-state index contributed by atoms with van der Waals surface area (Å²) in [5.41, 5.74) is 8.01. The maximum atomic E-state index is 11.2. The van der Waals surface area contributed by atoms with E-state index in [1.165, 1.54) is 11.1 Å². The van der Waals surface area contributed by atoms with Crippen molar-refractivity contribution in [2.45, 2.75) is 39.2 Å². The van der Waals surface area contributed by atoms with Gasteiger partial charge in [-0.15, -0.1) is 24.0 Å². The van der Waals surface area contributed by atoms with E-state index in [0.717, 1.165) is 44.9 Å². The van der Waals surface area contributed by atoms with E-state index in [4.69, 9.17) is 5.73 Å². The Labute approximate surface area is 162 Å². The van der Waals surface area contributed by atoms with Gasteiger partial charge in [0.15, 0.2) is 5.96 Å². The molecule has 5 nitrogen and oxygen atoms in total. The van der Waals surface area contributed by atoms with E-state index >= 15 is 0 Å². The molecule has 134 valence electrons. The van der Waals surface area contributed by atoms with E-state index in [9.17, 15) is 4.79 Å². The van der Waals surface area contributed by atoms with E-state index < -0.39 is 0 Å². The lowest BCUT2D eigenvalue weighted by Gasteiger charge is -2.34. The van der Waals surface area contributed by atoms with Crippen molar-refractivity contribution in [3.8, 4) is 0 Å². The number of primary amides is 1. The van der Waals surface area contributed by atoms with Crippen LogP contribution < -0.4 is 11.1 Å². The number of aryl methyl sites for hydroxylation is 1. The van der Waals surface area contributed by atoms with Gasteiger partial charge in [0.05, 0.1) is 0 Å². The molecule has 0 aromatic heterocycles. The smallest absolute Gasteiger partial charge is 0.217 e. The molecule has 1 unspecified atom stereocenters. The van der Waals surface area contributed by atoms with Crippen molar-refractivity contribution in [2.75, 3.05) is 20.1 Å². The number of halogens is 1. The van der Waals surface area contributed by atoms with Gasteiger partial charge >= 0.3 is 0 Å². The first-order valence-corrected chi connectivity index (χ1v) is 8.44. The quantitative estimate of drug-likeness (QED) is 0.417. The first-order valence-electron chi connectivity index (χ1n) is 8.44. The second kappa shape index (κ2) is 10.5. The van der Waals surface area contributed by atoms with Crippen LogP contribution in [0.4, 0.5) is 0 Å². The topological polar surface area (TPSA) is 70.7 Å². The molecule has 1 aromatic rings. The highest BCUT2D eigenvalue weighted by atomic mass is 127. The number of likely N-dealkylation sites (tertiary alicyclic amines) is 1. The third-order valence-electron chi connectivity index (χ3n) is 4.46. The second-order valence-electron chi connectivity index (χ2n) is 6.15. The molecule has 1 saturated heterocycles. The van der Waals surface area contributed by atoms with Crippen molar-refractivity contribution >= 4 is 35.8 Å². The maximum Gasteiger partial charge on any atom is 0.217 e. The molecule has 0 saturated carbocycles. The number of hydrogen-bond donors (Lipinski definition) is 2. The Hall–Kier alpha value is -1.31. The second-order valence-corrected chi connectivity index (χ2v) is 6.15. The van der Waals surface area contributed by atoms with Gasteiger partial charge in [0.25, 0.3) is 0 Å². The first kappa shape index (κ1) is 20.7. The summed E-state index contributed by atoms with van der Waals surface area (Å²) >= 11 is 0. The van der Waals surface area contributed by atoms with Crippen LogP contribution in [0.15, 0.2) is 29.3 Å². The number of hydrogen-bond acceptors (Lipinski definition) is 2. The zero-order valence-corrected chi connectivity index (χ0v) is 17.0. The van der Waals surface area contributed by atoms with Gasteiger partial charge in [0, 0.05) is 33.1 Å². The van der Waals surface area contributed by atoms with Crippen LogP contribution in [-0.4, -0.2) is 36.9 Å². The van der Waals surface area contributed by atoms with Crippen molar-refractivity contribution in [1.82, 2.24) is 10.2 Å². The van der Waals surface area contributed by atoms with Gasteiger partial charge in [-0.1, -0.05) is 31.2 Å². The third kappa shape index (κ3) is 5.96. The van der Waals surface area contributed by atoms with Gasteiger partial charge in [-0.2, -0.15) is 0 Å². The molecule has 1 aliphatic rings. The molecule has 3 N–H and O–H groups in total. The number of nitrogens with zero attached hydrogens (tertiary/aromatic N) is 2. The molecular formula is C18H29IN4O. The minimum Gasteiger partial charge on any atom is -0.370 e. The van der Waals surface area contributed by atoms with E-state index in [0.29, 0.717) is 12.3 Å². The molecule has 1 aromatic carbocycles. The zero-order valence-electron chi connectivity index (χ0n) is 14.6. The Morgan fingerprint density at radius 2 is 2.08 bits per heavy atom. The Bertz CT molecular complexity index is 562. The van der Waals surface area contributed by atoms with Crippen molar-refractivity contribution in [1.29, 1.82) is 0 Å². The largest absolute Gasteiger partial charge is 0.370 e. The number of nitrogens with two attached hydrogens (primary N) is 1. The molecule has 1 fully saturated rings. The number of benzene rings is 1. The Kier molecular flexibility index (Phi) is 9.10. The van der Waals surface area contributed by atoms with E-state index in [1.54, 1.807) is 0 Å². The highest BCUT2D eigenvalue weighted by Gasteiger charge is 2.23. The van der Waals surface area contributed by atoms with Crippen LogP contribution in [0.3, 0.4) is 0 Å². The van der Waals surface area contributed by atoms with Crippen LogP contribution in [0, 0.1) is 5.92 Å². The van der Waals surface area contributed by atoms with E-state index in [2.05, 4.69) is 46.4 Å². The summed E-state index contributed by atoms with van der Waals surface area (Å²) in [6.45, 7) is 4.77. The van der Waals surface area contributed by atoms with Gasteiger partial charge < -0.3 is 16.0 Å². The molecule has 0 bridgehead atoms. The lowest BCUT2D eigenvalue weighted by Crippen LogP contribution is -2.47. The van der Waals surface area contributed by atoms with Crippen molar-refractivity contribution in [3.05, 3.63) is 35.4 Å². The summed E-state index contributed by atoms with van der Waals surface area (Å²) in [7, 11) is 1.81. The van der Waals surface area contributed by atoms with Crippen molar-refractivity contribution in [2.24, 2.45) is 16.6 Å². The standard InChI is InChI=1S/C18H28N4O.HI/c1-3-15-8-4-5-9-16(15)12-21-18(20-2)22-10-6-7-14(13-22)11-17(19)23;/h4-5,8-9,14H,3,6-7,10-13H2,1-2H3,(H2,19,23)(H,20,21);1H. The maximum absolute atomic E-state index is 11.2. The summed E-state index contributed by atoms with van der Waals surface area (Å²) < 4.78 is 0. The number of rotatable bonds is 5. The van der Waals surface area contributed by atoms with Crippen LogP contribution in [0.25, 0.3) is 0 Å². The molecule has 1 heterocycles. The number of piperidine rings is 1. The fraction of sp³-hybridized carbons (Fsp3) is 0.556. The van der Waals surface area contributed by atoms with Crippen LogP contribution in [0.2, 0.25) is 0 Å². The highest BCUT2D eigenvalue weighted by molar-refractivity contribution is 14.0. The van der Waals surface area contributed by atoms with Crippen molar-refractivity contribution in [3.63, 3.8) is 0 Å². The lowest BCUT2D eigenvalue weighted by atomic mass is 9.95. The normalized spacial score (nSPS) is 18.0. The number of nitrogens with one attached hydrogen (secondary N) is 1. The molecule has 1 aliphatic heterocycles. The van der Waals surface area contributed by atoms with Gasteiger partial charge in [0.2, 0.25) is 5.91 Å². The monoisotopic (exact) mass is 444 g/mol. The van der Waals surface area contributed by atoms with Gasteiger partial charge in [0.1, 0.15) is 0 Å². The third-order valence-corrected chi connectivity index (χ3v) is 4.46. The van der Waals surface area contributed by atoms with Crippen LogP contribution in [0.5, 0.6) is 0 Å². The molecule has 0 spiro atoms. The fourth-order valence-electron chi connectivity index (χ4n) is 3.29. The molecule has 1 amide bonds. The molecular weight excluding hydrogens is 415 g/mol. The van der Waals surface area contributed by atoms with Crippen LogP contribution in [-0.2, 0) is 17.8 Å². The number of carbonyl (C=O) groups is 1. The predicted octanol–water partition coefficient (Wildman–Crippen LogP) is 2.53. The number of aliphatic imine (C=N–C) groups is 1. The van der Waals surface area contributed by atoms with E-state index in [-0.39, 0.29) is 29.9 Å². The molecule has 24 heavy (non-hydrogen) atoms. The molecule has 2 rings (SSSR count). The summed E-state index contributed by atoms with van der Waals surface area (Å²) in [5, 5.41) is 3.46. The lowest BCUT2D eigenvalue weighted by molar-refractivity contribution is -0.119. The highest BCUT2D eigenvalue weighted by Crippen LogP contribution is 2.19. The SMILES string of the molecule is CCc1ccccc1CNC(=NC)N1CCCC(CC(N)=O)C1.I. The summed E-state index contributed by atoms with van der Waals surface area (Å²) in [5.74, 6) is 1.03. The summed E-state index contributed by atoms with van der Waals surface area (Å²) in [6, 6.07) is 8.48. The predicted molar refractivity (Wildman–Crippen MR) is 110 cm³/mol. The average Bonchev–Trinajstić information content (AvgIpc) is 2.55. The van der Waals surface area contributed by atoms with E-state index in [1.807, 2.05) is 7.05 Å². The van der Waals surface area contributed by atoms with Crippen LogP contribution >= 0.6 is 24.0 Å². The van der Waals surface area contributed by atoms with Crippen LogP contribution in [0.1, 0.15) is 37.3 Å². The molecule has 0 aliphatic carbocycles. The Balaban J connectivity index is 0.00000288. The summed E-state index contributed by atoms with van der Waals surface area (Å²) in [4.78, 5) is 17.8. The van der Waals surface area contributed by atoms with Crippen molar-refractivity contribution < 1.29 is 4.79 Å². The van der Waals surface area contributed by atoms with Gasteiger partial charge in [-0.05, 0) is 36.3 Å². The minimum atomic E-state index is -0.211. The first-order chi connectivity index (χ1) is 11.1. The fourth-order valence-corrected chi connectivity index (χ4v) is 3.29. The number of carbonyl (C=O) groups excluding carboxylic acids is 1. The number of guanidine groups is 1. The van der Waals surface area contributed by atoms with Gasteiger partial charge in [-0.25, -0.2) is 0 Å². The Morgan fingerprint density at radius 3 is 2.71 bits per heavy atom. The molecule has 0 radical (unpaired) electrons. The minimum absolute atomic E-state index is 0. The molecule has 6 heteroatoms. The zero-order chi connectivity index (χ0) is 16.7. The molecule has 1 atom stereocenters. The number of amides is 1. The summed E-state index contributed by atoms with van der Waals surface area (Å²) in [6.07, 6.45) is 3.63. The Morgan fingerprint density at radius 1 is 1.38 bits per heavy atom.